The van der Waals surface area contributed by atoms with E-state index in [4.69, 9.17) is 5.11 Å². The van der Waals surface area contributed by atoms with Crippen molar-refractivity contribution in [1.82, 2.24) is 0 Å². The maximum atomic E-state index is 11.7. The average molecular weight is 269 g/mol. The van der Waals surface area contributed by atoms with Crippen molar-refractivity contribution in [1.29, 1.82) is 0 Å². The van der Waals surface area contributed by atoms with E-state index in [1.165, 1.54) is 6.92 Å². The molecule has 1 aromatic carbocycles. The molecule has 1 aromatic rings. The van der Waals surface area contributed by atoms with E-state index in [1.54, 1.807) is 24.3 Å². The number of amides is 1. The number of carboxylic acids is 1. The summed E-state index contributed by atoms with van der Waals surface area (Å²) in [5, 5.41) is 10.4. The van der Waals surface area contributed by atoms with Crippen molar-refractivity contribution in [2.75, 3.05) is 11.1 Å². The standard InChI is InChI=1S/C12H15NO4S/c1-9(18(17)8-7-11(14)15)12(16)13-10-5-3-2-4-6-10/h2-6,9H,7-8H2,1H3,(H,13,16)(H,14,15). The van der Waals surface area contributed by atoms with Crippen LogP contribution in [0.1, 0.15) is 13.3 Å². The molecule has 0 radical (unpaired) electrons. The van der Waals surface area contributed by atoms with Crippen molar-refractivity contribution in [2.24, 2.45) is 0 Å². The number of hydrogen-bond donors (Lipinski definition) is 2. The van der Waals surface area contributed by atoms with Crippen LogP contribution in [0.15, 0.2) is 30.3 Å². The summed E-state index contributed by atoms with van der Waals surface area (Å²) in [5.41, 5.74) is 0.629. The van der Waals surface area contributed by atoms with Gasteiger partial charge < -0.3 is 10.4 Å². The predicted molar refractivity (Wildman–Crippen MR) is 69.8 cm³/mol. The highest BCUT2D eigenvalue weighted by atomic mass is 32.2. The minimum atomic E-state index is -1.48. The van der Waals surface area contributed by atoms with E-state index in [-0.39, 0.29) is 18.1 Å². The zero-order chi connectivity index (χ0) is 13.5. The van der Waals surface area contributed by atoms with Crippen LogP contribution in [0.5, 0.6) is 0 Å². The Hall–Kier alpha value is -1.69. The highest BCUT2D eigenvalue weighted by molar-refractivity contribution is 7.86. The predicted octanol–water partition coefficient (Wildman–Crippen LogP) is 1.24. The molecule has 2 unspecified atom stereocenters. The van der Waals surface area contributed by atoms with Crippen LogP contribution in [0.4, 0.5) is 5.69 Å². The van der Waals surface area contributed by atoms with Gasteiger partial charge in [0.2, 0.25) is 5.91 Å². The monoisotopic (exact) mass is 269 g/mol. The normalized spacial score (nSPS) is 13.6. The molecule has 0 saturated carbocycles. The van der Waals surface area contributed by atoms with Crippen LogP contribution >= 0.6 is 0 Å². The molecule has 0 heterocycles. The quantitative estimate of drug-likeness (QED) is 0.813. The summed E-state index contributed by atoms with van der Waals surface area (Å²) in [7, 11) is -1.48. The van der Waals surface area contributed by atoms with Gasteiger partial charge in [0.1, 0.15) is 5.25 Å². The second kappa shape index (κ2) is 6.90. The molecule has 0 saturated heterocycles. The summed E-state index contributed by atoms with van der Waals surface area (Å²) in [6, 6.07) is 8.84. The van der Waals surface area contributed by atoms with E-state index in [2.05, 4.69) is 5.32 Å². The van der Waals surface area contributed by atoms with Crippen LogP contribution < -0.4 is 5.32 Å². The first kappa shape index (κ1) is 14.4. The third-order valence-corrected chi connectivity index (χ3v) is 3.93. The Kier molecular flexibility index (Phi) is 5.51. The molecule has 0 fully saturated rings. The number of rotatable bonds is 6. The van der Waals surface area contributed by atoms with Gasteiger partial charge in [0.15, 0.2) is 0 Å². The lowest BCUT2D eigenvalue weighted by Gasteiger charge is -2.11. The number of aliphatic carboxylic acids is 1. The van der Waals surface area contributed by atoms with Crippen LogP contribution in [-0.2, 0) is 20.4 Å². The van der Waals surface area contributed by atoms with Crippen LogP contribution in [0, 0.1) is 0 Å². The smallest absolute Gasteiger partial charge is 0.304 e. The van der Waals surface area contributed by atoms with E-state index in [0.717, 1.165) is 0 Å². The summed E-state index contributed by atoms with van der Waals surface area (Å²) in [4.78, 5) is 22.1. The van der Waals surface area contributed by atoms with Crippen LogP contribution in [0.2, 0.25) is 0 Å². The molecule has 5 nitrogen and oxygen atoms in total. The second-order valence-corrected chi connectivity index (χ2v) is 5.60. The van der Waals surface area contributed by atoms with Crippen molar-refractivity contribution in [3.05, 3.63) is 30.3 Å². The van der Waals surface area contributed by atoms with Gasteiger partial charge in [0.05, 0.1) is 6.42 Å². The van der Waals surface area contributed by atoms with Crippen LogP contribution in [0.3, 0.4) is 0 Å². The molecule has 2 atom stereocenters. The zero-order valence-electron chi connectivity index (χ0n) is 9.96. The molecular formula is C12H15NO4S. The second-order valence-electron chi connectivity index (χ2n) is 3.73. The number of carbonyl (C=O) groups excluding carboxylic acids is 1. The molecule has 1 rings (SSSR count). The molecule has 0 aliphatic rings. The van der Waals surface area contributed by atoms with Gasteiger partial charge in [0.25, 0.3) is 0 Å². The molecule has 98 valence electrons. The lowest BCUT2D eigenvalue weighted by molar-refractivity contribution is -0.136. The average Bonchev–Trinajstić information content (AvgIpc) is 2.36. The van der Waals surface area contributed by atoms with Gasteiger partial charge in [-0.15, -0.1) is 0 Å². The third-order valence-electron chi connectivity index (χ3n) is 2.32. The van der Waals surface area contributed by atoms with Crippen molar-refractivity contribution in [2.45, 2.75) is 18.6 Å². The first-order chi connectivity index (χ1) is 8.50. The summed E-state index contributed by atoms with van der Waals surface area (Å²) in [5.74, 6) is -1.40. The van der Waals surface area contributed by atoms with Gasteiger partial charge in [-0.1, -0.05) is 18.2 Å². The maximum absolute atomic E-state index is 11.7. The first-order valence-electron chi connectivity index (χ1n) is 5.45. The summed E-state index contributed by atoms with van der Waals surface area (Å²) >= 11 is 0. The van der Waals surface area contributed by atoms with E-state index < -0.39 is 22.0 Å². The van der Waals surface area contributed by atoms with Gasteiger partial charge in [-0.05, 0) is 19.1 Å². The Morgan fingerprint density at radius 3 is 2.50 bits per heavy atom. The topological polar surface area (TPSA) is 83.5 Å². The molecule has 6 heteroatoms. The van der Waals surface area contributed by atoms with Gasteiger partial charge >= 0.3 is 5.97 Å². The number of hydrogen-bond acceptors (Lipinski definition) is 3. The number of carbonyl (C=O) groups is 2. The number of carboxylic acid groups (broad SMARTS) is 1. The summed E-state index contributed by atoms with van der Waals surface area (Å²) in [6.07, 6.45) is -0.199. The molecule has 0 aliphatic heterocycles. The molecule has 18 heavy (non-hydrogen) atoms. The molecule has 1 amide bonds. The number of anilines is 1. The van der Waals surface area contributed by atoms with E-state index in [0.29, 0.717) is 5.69 Å². The van der Waals surface area contributed by atoms with E-state index >= 15 is 0 Å². The molecular weight excluding hydrogens is 254 g/mol. The van der Waals surface area contributed by atoms with Crippen LogP contribution in [-0.4, -0.2) is 32.2 Å². The number of para-hydroxylation sites is 1. The fourth-order valence-electron chi connectivity index (χ4n) is 1.25. The van der Waals surface area contributed by atoms with Crippen LogP contribution in [0.25, 0.3) is 0 Å². The molecule has 0 spiro atoms. The molecule has 0 bridgehead atoms. The Labute approximate surface area is 108 Å². The Balaban J connectivity index is 2.51. The number of nitrogens with one attached hydrogen (secondary N) is 1. The minimum Gasteiger partial charge on any atom is -0.481 e. The Morgan fingerprint density at radius 1 is 1.33 bits per heavy atom. The highest BCUT2D eigenvalue weighted by Crippen LogP contribution is 2.08. The van der Waals surface area contributed by atoms with Crippen molar-refractivity contribution in [3.63, 3.8) is 0 Å². The van der Waals surface area contributed by atoms with E-state index in [1.807, 2.05) is 6.07 Å². The van der Waals surface area contributed by atoms with Gasteiger partial charge in [0, 0.05) is 22.2 Å². The van der Waals surface area contributed by atoms with Gasteiger partial charge in [-0.2, -0.15) is 0 Å². The number of benzene rings is 1. The lowest BCUT2D eigenvalue weighted by atomic mass is 10.3. The molecule has 2 N–H and O–H groups in total. The third kappa shape index (κ3) is 4.67. The Bertz CT molecular complexity index is 447. The Morgan fingerprint density at radius 2 is 1.94 bits per heavy atom. The lowest BCUT2D eigenvalue weighted by Crippen LogP contribution is -2.30. The molecule has 0 aromatic heterocycles. The minimum absolute atomic E-state index is 0.0152. The fourth-order valence-corrected chi connectivity index (χ4v) is 2.28. The van der Waals surface area contributed by atoms with E-state index in [9.17, 15) is 13.8 Å². The maximum Gasteiger partial charge on any atom is 0.304 e. The van der Waals surface area contributed by atoms with Crippen molar-refractivity contribution in [3.8, 4) is 0 Å². The fraction of sp³-hybridized carbons (Fsp3) is 0.333. The van der Waals surface area contributed by atoms with Gasteiger partial charge in [-0.25, -0.2) is 0 Å². The van der Waals surface area contributed by atoms with Gasteiger partial charge in [-0.3, -0.25) is 13.8 Å². The van der Waals surface area contributed by atoms with Crippen molar-refractivity contribution < 1.29 is 18.9 Å². The highest BCUT2D eigenvalue weighted by Gasteiger charge is 2.20. The molecule has 0 aliphatic carbocycles. The zero-order valence-corrected chi connectivity index (χ0v) is 10.8. The summed E-state index contributed by atoms with van der Waals surface area (Å²) in [6.45, 7) is 1.52. The SMILES string of the molecule is CC(C(=O)Nc1ccccc1)S(=O)CCC(=O)O. The first-order valence-corrected chi connectivity index (χ1v) is 6.84. The summed E-state index contributed by atoms with van der Waals surface area (Å²) < 4.78 is 11.7. The van der Waals surface area contributed by atoms with Crippen molar-refractivity contribution >= 4 is 28.4 Å². The largest absolute Gasteiger partial charge is 0.481 e.